The van der Waals surface area contributed by atoms with E-state index in [9.17, 15) is 9.18 Å². The highest BCUT2D eigenvalue weighted by Crippen LogP contribution is 2.22. The predicted octanol–water partition coefficient (Wildman–Crippen LogP) is 3.45. The van der Waals surface area contributed by atoms with Crippen molar-refractivity contribution in [3.05, 3.63) is 58.3 Å². The Hall–Kier alpha value is -1.88. The molecule has 2 aromatic carbocycles. The van der Waals surface area contributed by atoms with E-state index in [-0.39, 0.29) is 11.7 Å². The first-order valence-corrected chi connectivity index (χ1v) is 6.37. The zero-order valence-electron chi connectivity index (χ0n) is 10.2. The smallest absolute Gasteiger partial charge is 0.260 e. The highest BCUT2D eigenvalue weighted by molar-refractivity contribution is 9.10. The lowest BCUT2D eigenvalue weighted by molar-refractivity contribution is 0.0994. The first kappa shape index (κ1) is 13.5. The van der Waals surface area contributed by atoms with Crippen LogP contribution in [0.3, 0.4) is 0 Å². The lowest BCUT2D eigenvalue weighted by Gasteiger charge is -2.18. The van der Waals surface area contributed by atoms with Crippen LogP contribution in [0.15, 0.2) is 46.9 Å². The number of nitrogens with zero attached hydrogens (tertiary/aromatic N) is 1. The van der Waals surface area contributed by atoms with Gasteiger partial charge in [-0.05, 0) is 36.4 Å². The number of hydrogen-bond donors (Lipinski definition) is 1. The molecule has 0 saturated carbocycles. The summed E-state index contributed by atoms with van der Waals surface area (Å²) in [5.41, 5.74) is 7.06. The van der Waals surface area contributed by atoms with Crippen LogP contribution in [0.1, 0.15) is 10.4 Å². The van der Waals surface area contributed by atoms with E-state index in [1.165, 1.54) is 17.0 Å². The Morgan fingerprint density at radius 3 is 2.63 bits per heavy atom. The van der Waals surface area contributed by atoms with Crippen molar-refractivity contribution in [2.24, 2.45) is 0 Å². The molecule has 0 saturated heterocycles. The minimum Gasteiger partial charge on any atom is -0.398 e. The van der Waals surface area contributed by atoms with Crippen molar-refractivity contribution >= 4 is 33.2 Å². The molecule has 0 aliphatic rings. The van der Waals surface area contributed by atoms with Crippen LogP contribution < -0.4 is 10.6 Å². The summed E-state index contributed by atoms with van der Waals surface area (Å²) < 4.78 is 14.0. The van der Waals surface area contributed by atoms with E-state index in [0.29, 0.717) is 16.9 Å². The number of nitrogens with two attached hydrogens (primary N) is 1. The number of anilines is 2. The Bertz CT molecular complexity index is 631. The van der Waals surface area contributed by atoms with Crippen molar-refractivity contribution in [2.75, 3.05) is 17.7 Å². The maximum absolute atomic E-state index is 13.2. The van der Waals surface area contributed by atoms with Gasteiger partial charge in [-0.1, -0.05) is 22.0 Å². The molecule has 2 rings (SSSR count). The van der Waals surface area contributed by atoms with Crippen LogP contribution in [-0.2, 0) is 0 Å². The van der Waals surface area contributed by atoms with Gasteiger partial charge in [0.15, 0.2) is 0 Å². The normalized spacial score (nSPS) is 10.3. The lowest BCUT2D eigenvalue weighted by Crippen LogP contribution is -2.27. The number of benzene rings is 2. The monoisotopic (exact) mass is 322 g/mol. The molecule has 2 aromatic rings. The van der Waals surface area contributed by atoms with Gasteiger partial charge < -0.3 is 10.6 Å². The maximum atomic E-state index is 13.2. The van der Waals surface area contributed by atoms with Crippen LogP contribution >= 0.6 is 15.9 Å². The second-order valence-electron chi connectivity index (χ2n) is 4.08. The molecule has 0 fully saturated rings. The van der Waals surface area contributed by atoms with E-state index in [4.69, 9.17) is 5.73 Å². The second kappa shape index (κ2) is 5.40. The third-order valence-electron chi connectivity index (χ3n) is 2.74. The van der Waals surface area contributed by atoms with Crippen molar-refractivity contribution in [3.8, 4) is 0 Å². The number of carbonyl (C=O) groups is 1. The Kier molecular flexibility index (Phi) is 3.85. The summed E-state index contributed by atoms with van der Waals surface area (Å²) in [4.78, 5) is 13.7. The molecule has 1 amide bonds. The average molecular weight is 323 g/mol. The molecular formula is C14H12BrFN2O. The number of rotatable bonds is 2. The first-order chi connectivity index (χ1) is 8.99. The summed E-state index contributed by atoms with van der Waals surface area (Å²) in [5.74, 6) is -0.670. The van der Waals surface area contributed by atoms with Gasteiger partial charge in [0.1, 0.15) is 5.82 Å². The van der Waals surface area contributed by atoms with Crippen molar-refractivity contribution in [3.63, 3.8) is 0 Å². The van der Waals surface area contributed by atoms with Gasteiger partial charge in [0.25, 0.3) is 5.91 Å². The SMILES string of the molecule is CN(C(=O)c1ccc(Br)cc1N)c1cccc(F)c1. The standard InChI is InChI=1S/C14H12BrFN2O/c1-18(11-4-2-3-10(16)8-11)14(19)12-6-5-9(15)7-13(12)17/h2-8H,17H2,1H3. The van der Waals surface area contributed by atoms with E-state index in [1.54, 1.807) is 37.4 Å². The lowest BCUT2D eigenvalue weighted by atomic mass is 10.1. The average Bonchev–Trinajstić information content (AvgIpc) is 2.37. The maximum Gasteiger partial charge on any atom is 0.260 e. The summed E-state index contributed by atoms with van der Waals surface area (Å²) in [5, 5.41) is 0. The molecular weight excluding hydrogens is 311 g/mol. The summed E-state index contributed by atoms with van der Waals surface area (Å²) in [6, 6.07) is 10.9. The van der Waals surface area contributed by atoms with E-state index >= 15 is 0 Å². The molecule has 3 nitrogen and oxygen atoms in total. The van der Waals surface area contributed by atoms with Crippen LogP contribution in [0.25, 0.3) is 0 Å². The molecule has 0 unspecified atom stereocenters. The van der Waals surface area contributed by atoms with Gasteiger partial charge in [-0.3, -0.25) is 4.79 Å². The summed E-state index contributed by atoms with van der Waals surface area (Å²) in [6.07, 6.45) is 0. The van der Waals surface area contributed by atoms with Crippen LogP contribution in [0, 0.1) is 5.82 Å². The molecule has 0 spiro atoms. The summed E-state index contributed by atoms with van der Waals surface area (Å²) in [7, 11) is 1.58. The number of amides is 1. The molecule has 0 atom stereocenters. The quantitative estimate of drug-likeness (QED) is 0.861. The fourth-order valence-corrected chi connectivity index (χ4v) is 2.09. The topological polar surface area (TPSA) is 46.3 Å². The third kappa shape index (κ3) is 2.93. The van der Waals surface area contributed by atoms with Crippen LogP contribution in [-0.4, -0.2) is 13.0 Å². The number of nitrogen functional groups attached to an aromatic ring is 1. The van der Waals surface area contributed by atoms with E-state index in [2.05, 4.69) is 15.9 Å². The van der Waals surface area contributed by atoms with E-state index in [1.807, 2.05) is 0 Å². The molecule has 0 aliphatic heterocycles. The van der Waals surface area contributed by atoms with Crippen molar-refractivity contribution in [1.82, 2.24) is 0 Å². The van der Waals surface area contributed by atoms with Gasteiger partial charge in [0.2, 0.25) is 0 Å². The number of carbonyl (C=O) groups excluding carboxylic acids is 1. The fraction of sp³-hybridized carbons (Fsp3) is 0.0714. The number of hydrogen-bond acceptors (Lipinski definition) is 2. The Morgan fingerprint density at radius 1 is 1.26 bits per heavy atom. The molecule has 0 aliphatic carbocycles. The van der Waals surface area contributed by atoms with Gasteiger partial charge in [-0.15, -0.1) is 0 Å². The van der Waals surface area contributed by atoms with Crippen LogP contribution in [0.5, 0.6) is 0 Å². The largest absolute Gasteiger partial charge is 0.398 e. The summed E-state index contributed by atoms with van der Waals surface area (Å²) in [6.45, 7) is 0. The molecule has 19 heavy (non-hydrogen) atoms. The Balaban J connectivity index is 2.33. The molecule has 0 heterocycles. The molecule has 5 heteroatoms. The van der Waals surface area contributed by atoms with Gasteiger partial charge >= 0.3 is 0 Å². The zero-order chi connectivity index (χ0) is 14.0. The third-order valence-corrected chi connectivity index (χ3v) is 3.24. The molecule has 0 radical (unpaired) electrons. The fourth-order valence-electron chi connectivity index (χ4n) is 1.71. The number of halogens is 2. The highest BCUT2D eigenvalue weighted by atomic mass is 79.9. The second-order valence-corrected chi connectivity index (χ2v) is 4.99. The predicted molar refractivity (Wildman–Crippen MR) is 77.7 cm³/mol. The van der Waals surface area contributed by atoms with Gasteiger partial charge in [0, 0.05) is 22.9 Å². The first-order valence-electron chi connectivity index (χ1n) is 5.57. The van der Waals surface area contributed by atoms with Crippen molar-refractivity contribution < 1.29 is 9.18 Å². The van der Waals surface area contributed by atoms with Crippen molar-refractivity contribution in [2.45, 2.75) is 0 Å². The van der Waals surface area contributed by atoms with Gasteiger partial charge in [-0.25, -0.2) is 4.39 Å². The minimum atomic E-state index is -0.388. The van der Waals surface area contributed by atoms with E-state index in [0.717, 1.165) is 4.47 Å². The van der Waals surface area contributed by atoms with Crippen LogP contribution in [0.2, 0.25) is 0 Å². The minimum absolute atomic E-state index is 0.282. The zero-order valence-corrected chi connectivity index (χ0v) is 11.8. The molecule has 0 aromatic heterocycles. The summed E-state index contributed by atoms with van der Waals surface area (Å²) >= 11 is 3.28. The van der Waals surface area contributed by atoms with Gasteiger partial charge in [0.05, 0.1) is 5.56 Å². The van der Waals surface area contributed by atoms with Crippen LogP contribution in [0.4, 0.5) is 15.8 Å². The Labute approximate surface area is 119 Å². The Morgan fingerprint density at radius 2 is 2.00 bits per heavy atom. The van der Waals surface area contributed by atoms with Crippen molar-refractivity contribution in [1.29, 1.82) is 0 Å². The highest BCUT2D eigenvalue weighted by Gasteiger charge is 2.16. The molecule has 0 bridgehead atoms. The molecule has 2 N–H and O–H groups in total. The van der Waals surface area contributed by atoms with Gasteiger partial charge in [-0.2, -0.15) is 0 Å². The van der Waals surface area contributed by atoms with E-state index < -0.39 is 0 Å². The molecule has 98 valence electrons.